The first-order valence-electron chi connectivity index (χ1n) is 7.11. The Labute approximate surface area is 139 Å². The highest BCUT2D eigenvalue weighted by Gasteiger charge is 2.30. The lowest BCUT2D eigenvalue weighted by atomic mass is 10.1. The zero-order valence-corrected chi connectivity index (χ0v) is 14.6. The number of nitrogens with zero attached hydrogens (tertiary/aromatic N) is 1. The normalized spacial score (nSPS) is 18.7. The minimum atomic E-state index is -3.42. The summed E-state index contributed by atoms with van der Waals surface area (Å²) in [6.07, 6.45) is 0.998. The van der Waals surface area contributed by atoms with Crippen LogP contribution in [0.2, 0.25) is 0 Å². The maximum Gasteiger partial charge on any atom is 0.305 e. The van der Waals surface area contributed by atoms with Gasteiger partial charge in [-0.3, -0.25) is 9.59 Å². The van der Waals surface area contributed by atoms with Crippen LogP contribution in [0.3, 0.4) is 0 Å². The zero-order chi connectivity index (χ0) is 17.2. The summed E-state index contributed by atoms with van der Waals surface area (Å²) in [6.45, 7) is 2.14. The second-order valence-electron chi connectivity index (χ2n) is 5.58. The molecule has 1 aromatic rings. The van der Waals surface area contributed by atoms with Crippen LogP contribution < -0.4 is 0 Å². The van der Waals surface area contributed by atoms with E-state index in [0.29, 0.717) is 17.9 Å². The van der Waals surface area contributed by atoms with Gasteiger partial charge in [-0.25, -0.2) is 8.42 Å². The van der Waals surface area contributed by atoms with E-state index in [4.69, 9.17) is 5.11 Å². The Morgan fingerprint density at radius 1 is 1.39 bits per heavy atom. The Morgan fingerprint density at radius 3 is 2.70 bits per heavy atom. The average Bonchev–Trinajstić information content (AvgIpc) is 2.46. The van der Waals surface area contributed by atoms with Crippen molar-refractivity contribution in [2.24, 2.45) is 0 Å². The number of sulfone groups is 1. The molecule has 1 aliphatic rings. The molecule has 1 heterocycles. The summed E-state index contributed by atoms with van der Waals surface area (Å²) in [5.74, 6) is 0.0487. The van der Waals surface area contributed by atoms with Gasteiger partial charge in [-0.1, -0.05) is 6.07 Å². The first-order chi connectivity index (χ1) is 10.7. The van der Waals surface area contributed by atoms with Crippen molar-refractivity contribution in [2.75, 3.05) is 24.3 Å². The fourth-order valence-corrected chi connectivity index (χ4v) is 4.65. The lowest BCUT2D eigenvalue weighted by Crippen LogP contribution is -2.47. The van der Waals surface area contributed by atoms with Crippen LogP contribution in [0.5, 0.6) is 0 Å². The van der Waals surface area contributed by atoms with Crippen LogP contribution in [-0.2, 0) is 14.6 Å². The van der Waals surface area contributed by atoms with E-state index in [1.165, 1.54) is 6.07 Å². The Morgan fingerprint density at radius 2 is 2.09 bits per heavy atom. The van der Waals surface area contributed by atoms with Crippen LogP contribution in [0.1, 0.15) is 22.3 Å². The molecule has 2 rings (SSSR count). The van der Waals surface area contributed by atoms with Gasteiger partial charge in [0.2, 0.25) is 0 Å². The van der Waals surface area contributed by atoms with E-state index in [2.05, 4.69) is 0 Å². The van der Waals surface area contributed by atoms with Crippen LogP contribution in [-0.4, -0.2) is 60.6 Å². The molecule has 1 fully saturated rings. The molecule has 126 valence electrons. The lowest BCUT2D eigenvalue weighted by molar-refractivity contribution is -0.138. The predicted octanol–water partition coefficient (Wildman–Crippen LogP) is 1.43. The monoisotopic (exact) mass is 357 g/mol. The highest BCUT2D eigenvalue weighted by atomic mass is 32.2. The van der Waals surface area contributed by atoms with Crippen molar-refractivity contribution < 1.29 is 23.1 Å². The largest absolute Gasteiger partial charge is 0.481 e. The summed E-state index contributed by atoms with van der Waals surface area (Å²) >= 11 is 1.62. The summed E-state index contributed by atoms with van der Waals surface area (Å²) in [7, 11) is -3.42. The van der Waals surface area contributed by atoms with E-state index in [0.717, 1.165) is 12.0 Å². The number of carboxylic acid groups (broad SMARTS) is 1. The second-order valence-corrected chi connectivity index (χ2v) is 8.71. The number of carbonyl (C=O) groups excluding carboxylic acids is 1. The van der Waals surface area contributed by atoms with Crippen molar-refractivity contribution in [1.29, 1.82) is 0 Å². The topological polar surface area (TPSA) is 91.8 Å². The van der Waals surface area contributed by atoms with Gasteiger partial charge in [0.05, 0.1) is 17.4 Å². The van der Waals surface area contributed by atoms with Gasteiger partial charge in [-0.15, -0.1) is 0 Å². The highest BCUT2D eigenvalue weighted by Crippen LogP contribution is 2.23. The Kier molecular flexibility index (Phi) is 5.36. The van der Waals surface area contributed by atoms with Gasteiger partial charge >= 0.3 is 5.97 Å². The van der Waals surface area contributed by atoms with E-state index >= 15 is 0 Å². The lowest BCUT2D eigenvalue weighted by Gasteiger charge is -2.34. The van der Waals surface area contributed by atoms with E-state index in [-0.39, 0.29) is 28.8 Å². The summed E-state index contributed by atoms with van der Waals surface area (Å²) in [4.78, 5) is 25.4. The van der Waals surface area contributed by atoms with Crippen molar-refractivity contribution >= 4 is 33.5 Å². The average molecular weight is 357 g/mol. The Bertz CT molecular complexity index is 729. The molecular weight excluding hydrogens is 338 g/mol. The molecule has 1 unspecified atom stereocenters. The van der Waals surface area contributed by atoms with E-state index in [9.17, 15) is 18.0 Å². The summed E-state index contributed by atoms with van der Waals surface area (Å²) in [5.41, 5.74) is 0.860. The SMILES string of the molecule is Cc1ccc(C(=O)N2CCSCC2CC(=O)O)cc1S(C)(=O)=O. The number of rotatable bonds is 4. The molecular formula is C15H19NO5S2. The molecule has 0 bridgehead atoms. The fraction of sp³-hybridized carbons (Fsp3) is 0.467. The third kappa shape index (κ3) is 4.26. The molecule has 1 N–H and O–H groups in total. The summed E-state index contributed by atoms with van der Waals surface area (Å²) in [6, 6.07) is 4.20. The van der Waals surface area contributed by atoms with Crippen molar-refractivity contribution in [2.45, 2.75) is 24.3 Å². The van der Waals surface area contributed by atoms with Gasteiger partial charge in [-0.05, 0) is 24.6 Å². The van der Waals surface area contributed by atoms with Crippen molar-refractivity contribution in [3.05, 3.63) is 29.3 Å². The molecule has 0 aliphatic carbocycles. The molecule has 0 radical (unpaired) electrons. The summed E-state index contributed by atoms with van der Waals surface area (Å²) in [5, 5.41) is 9.00. The van der Waals surface area contributed by atoms with E-state index in [1.807, 2.05) is 0 Å². The third-order valence-electron chi connectivity index (χ3n) is 3.73. The van der Waals surface area contributed by atoms with Crippen molar-refractivity contribution in [3.8, 4) is 0 Å². The molecule has 1 saturated heterocycles. The number of hydrogen-bond donors (Lipinski definition) is 1. The predicted molar refractivity (Wildman–Crippen MR) is 88.7 cm³/mol. The van der Waals surface area contributed by atoms with Crippen LogP contribution >= 0.6 is 11.8 Å². The maximum atomic E-state index is 12.7. The number of aryl methyl sites for hydroxylation is 1. The smallest absolute Gasteiger partial charge is 0.305 e. The van der Waals surface area contributed by atoms with Gasteiger partial charge in [-0.2, -0.15) is 11.8 Å². The number of carbonyl (C=O) groups is 2. The molecule has 23 heavy (non-hydrogen) atoms. The maximum absolute atomic E-state index is 12.7. The van der Waals surface area contributed by atoms with Crippen LogP contribution in [0.25, 0.3) is 0 Å². The molecule has 0 saturated carbocycles. The second kappa shape index (κ2) is 6.92. The number of hydrogen-bond acceptors (Lipinski definition) is 5. The molecule has 1 aromatic carbocycles. The molecule has 1 amide bonds. The molecule has 0 aromatic heterocycles. The van der Waals surface area contributed by atoms with Gasteiger partial charge in [0.1, 0.15) is 0 Å². The van der Waals surface area contributed by atoms with Gasteiger partial charge in [0.25, 0.3) is 5.91 Å². The standard InChI is InChI=1S/C15H19NO5S2/c1-10-3-4-11(7-13(10)23(2,20)21)15(19)16-5-6-22-9-12(16)8-14(17)18/h3-4,7,12H,5-6,8-9H2,1-2H3,(H,17,18). The molecule has 1 atom stereocenters. The Hall–Kier alpha value is -1.54. The first-order valence-corrected chi connectivity index (χ1v) is 10.2. The van der Waals surface area contributed by atoms with Crippen LogP contribution in [0.15, 0.2) is 23.1 Å². The fourth-order valence-electron chi connectivity index (χ4n) is 2.59. The number of carboxylic acids is 1. The van der Waals surface area contributed by atoms with Crippen molar-refractivity contribution in [1.82, 2.24) is 4.90 Å². The van der Waals surface area contributed by atoms with E-state index in [1.54, 1.807) is 35.7 Å². The van der Waals surface area contributed by atoms with E-state index < -0.39 is 15.8 Å². The highest BCUT2D eigenvalue weighted by molar-refractivity contribution is 7.99. The van der Waals surface area contributed by atoms with Crippen LogP contribution in [0, 0.1) is 6.92 Å². The first kappa shape index (κ1) is 17.8. The minimum Gasteiger partial charge on any atom is -0.481 e. The molecule has 6 nitrogen and oxygen atoms in total. The van der Waals surface area contributed by atoms with Gasteiger partial charge in [0.15, 0.2) is 9.84 Å². The van der Waals surface area contributed by atoms with Crippen molar-refractivity contribution in [3.63, 3.8) is 0 Å². The third-order valence-corrected chi connectivity index (χ3v) is 6.06. The zero-order valence-electron chi connectivity index (χ0n) is 13.0. The minimum absolute atomic E-state index is 0.108. The molecule has 1 aliphatic heterocycles. The summed E-state index contributed by atoms with van der Waals surface area (Å²) < 4.78 is 23.6. The number of thioether (sulfide) groups is 1. The molecule has 8 heteroatoms. The van der Waals surface area contributed by atoms with Gasteiger partial charge < -0.3 is 10.0 Å². The van der Waals surface area contributed by atoms with Gasteiger partial charge in [0, 0.05) is 29.9 Å². The molecule has 0 spiro atoms. The number of aliphatic carboxylic acids is 1. The number of amides is 1. The Balaban J connectivity index is 2.33. The van der Waals surface area contributed by atoms with Crippen LogP contribution in [0.4, 0.5) is 0 Å². The number of benzene rings is 1. The quantitative estimate of drug-likeness (QED) is 0.876.